The molecule has 33 heavy (non-hydrogen) atoms. The van der Waals surface area contributed by atoms with Crippen molar-refractivity contribution < 1.29 is 9.59 Å². The van der Waals surface area contributed by atoms with Gasteiger partial charge >= 0.3 is 5.69 Å². The second kappa shape index (κ2) is 10.3. The molecule has 0 unspecified atom stereocenters. The van der Waals surface area contributed by atoms with Crippen LogP contribution in [0.4, 0.5) is 0 Å². The third kappa shape index (κ3) is 5.58. The number of aryl methyl sites for hydroxylation is 2. The van der Waals surface area contributed by atoms with Crippen molar-refractivity contribution >= 4 is 22.7 Å². The average Bonchev–Trinajstić information content (AvgIpc) is 2.83. The molecule has 0 aliphatic carbocycles. The Balaban J connectivity index is 1.25. The summed E-state index contributed by atoms with van der Waals surface area (Å²) in [5, 5.41) is 3.51. The number of nitrogens with zero attached hydrogens (tertiary/aromatic N) is 2. The molecule has 0 radical (unpaired) electrons. The average molecular weight is 449 g/mol. The first-order valence-corrected chi connectivity index (χ1v) is 11.3. The summed E-state index contributed by atoms with van der Waals surface area (Å²) in [6.45, 7) is 1.35. The number of carbonyl (C=O) groups is 2. The van der Waals surface area contributed by atoms with E-state index in [0.717, 1.165) is 5.56 Å². The van der Waals surface area contributed by atoms with Crippen LogP contribution in [0.25, 0.3) is 10.9 Å². The van der Waals surface area contributed by atoms with Crippen LogP contribution in [0.3, 0.4) is 0 Å². The smallest absolute Gasteiger partial charge is 0.328 e. The number of carbonyl (C=O) groups excluding carboxylic acids is 2. The van der Waals surface area contributed by atoms with Crippen molar-refractivity contribution in [1.29, 1.82) is 0 Å². The lowest BCUT2D eigenvalue weighted by molar-refractivity contribution is -0.132. The zero-order valence-electron chi connectivity index (χ0n) is 18.5. The largest absolute Gasteiger partial charge is 0.353 e. The minimum atomic E-state index is -0.511. The predicted molar refractivity (Wildman–Crippen MR) is 126 cm³/mol. The second-order valence-electron chi connectivity index (χ2n) is 8.39. The number of hydrogen-bond donors (Lipinski definition) is 2. The van der Waals surface area contributed by atoms with Crippen LogP contribution in [0.15, 0.2) is 64.2 Å². The quantitative estimate of drug-likeness (QED) is 0.575. The maximum atomic E-state index is 12.7. The Hall–Kier alpha value is -3.68. The second-order valence-corrected chi connectivity index (χ2v) is 8.39. The van der Waals surface area contributed by atoms with Crippen molar-refractivity contribution in [3.63, 3.8) is 0 Å². The molecular formula is C25H28N4O4. The first-order valence-electron chi connectivity index (χ1n) is 11.3. The van der Waals surface area contributed by atoms with Crippen LogP contribution >= 0.6 is 0 Å². The summed E-state index contributed by atoms with van der Waals surface area (Å²) in [4.78, 5) is 53.4. The fourth-order valence-corrected chi connectivity index (χ4v) is 4.31. The van der Waals surface area contributed by atoms with Crippen molar-refractivity contribution in [2.24, 2.45) is 0 Å². The number of nitrogens with one attached hydrogen (secondary N) is 2. The molecule has 172 valence electrons. The van der Waals surface area contributed by atoms with Crippen molar-refractivity contribution in [1.82, 2.24) is 19.8 Å². The maximum absolute atomic E-state index is 12.7. The minimum Gasteiger partial charge on any atom is -0.353 e. The summed E-state index contributed by atoms with van der Waals surface area (Å²) >= 11 is 0. The number of hydrogen-bond acceptors (Lipinski definition) is 4. The summed E-state index contributed by atoms with van der Waals surface area (Å²) in [7, 11) is 0. The summed E-state index contributed by atoms with van der Waals surface area (Å²) in [6, 6.07) is 16.9. The molecule has 0 spiro atoms. The molecule has 8 heteroatoms. The molecule has 0 bridgehead atoms. The topological polar surface area (TPSA) is 104 Å². The van der Waals surface area contributed by atoms with Gasteiger partial charge in [-0.05, 0) is 37.0 Å². The molecule has 1 aliphatic rings. The van der Waals surface area contributed by atoms with Crippen molar-refractivity contribution in [3.05, 3.63) is 81.0 Å². The van der Waals surface area contributed by atoms with E-state index in [1.54, 1.807) is 29.2 Å². The summed E-state index contributed by atoms with van der Waals surface area (Å²) < 4.78 is 1.44. The first kappa shape index (κ1) is 22.5. The van der Waals surface area contributed by atoms with E-state index in [2.05, 4.69) is 10.3 Å². The lowest BCUT2D eigenvalue weighted by atomic mass is 10.0. The zero-order chi connectivity index (χ0) is 23.2. The van der Waals surface area contributed by atoms with Gasteiger partial charge in [-0.1, -0.05) is 42.5 Å². The van der Waals surface area contributed by atoms with Gasteiger partial charge in [0.05, 0.1) is 10.9 Å². The summed E-state index contributed by atoms with van der Waals surface area (Å²) in [5.41, 5.74) is 0.730. The van der Waals surface area contributed by atoms with Gasteiger partial charge in [-0.3, -0.25) is 23.9 Å². The van der Waals surface area contributed by atoms with Gasteiger partial charge in [-0.15, -0.1) is 0 Å². The van der Waals surface area contributed by atoms with Crippen molar-refractivity contribution in [2.45, 2.75) is 44.7 Å². The van der Waals surface area contributed by atoms with Crippen LogP contribution in [-0.4, -0.2) is 45.4 Å². The highest BCUT2D eigenvalue weighted by Crippen LogP contribution is 2.13. The lowest BCUT2D eigenvalue weighted by Gasteiger charge is -2.32. The molecule has 2 amide bonds. The highest BCUT2D eigenvalue weighted by molar-refractivity contribution is 5.79. The van der Waals surface area contributed by atoms with E-state index in [9.17, 15) is 19.2 Å². The van der Waals surface area contributed by atoms with Crippen LogP contribution in [0.1, 0.15) is 31.2 Å². The van der Waals surface area contributed by atoms with E-state index in [4.69, 9.17) is 0 Å². The number of piperidine rings is 1. The standard InChI is InChI=1S/C25H28N4O4/c30-22(11-10-18-6-2-1-3-7-18)26-19-12-15-28(16-13-19)23(31)14-17-29-21-9-5-4-8-20(21)24(32)27-25(29)33/h1-9,19H,10-17H2,(H,26,30)(H,27,32,33). The van der Waals surface area contributed by atoms with Crippen LogP contribution < -0.4 is 16.6 Å². The van der Waals surface area contributed by atoms with E-state index < -0.39 is 11.2 Å². The Morgan fingerprint density at radius 2 is 1.64 bits per heavy atom. The van der Waals surface area contributed by atoms with Crippen LogP contribution in [-0.2, 0) is 22.6 Å². The van der Waals surface area contributed by atoms with Gasteiger partial charge in [-0.2, -0.15) is 0 Å². The highest BCUT2D eigenvalue weighted by Gasteiger charge is 2.24. The monoisotopic (exact) mass is 448 g/mol. The lowest BCUT2D eigenvalue weighted by Crippen LogP contribution is -2.46. The Kier molecular flexibility index (Phi) is 7.02. The minimum absolute atomic E-state index is 0.0351. The van der Waals surface area contributed by atoms with Crippen molar-refractivity contribution in [2.75, 3.05) is 13.1 Å². The number of rotatable bonds is 7. The van der Waals surface area contributed by atoms with E-state index >= 15 is 0 Å². The van der Waals surface area contributed by atoms with Crippen LogP contribution in [0.2, 0.25) is 0 Å². The van der Waals surface area contributed by atoms with E-state index in [1.165, 1.54) is 4.57 Å². The van der Waals surface area contributed by atoms with Gasteiger partial charge in [0.2, 0.25) is 11.8 Å². The van der Waals surface area contributed by atoms with Gasteiger partial charge in [0, 0.05) is 38.5 Å². The van der Waals surface area contributed by atoms with Gasteiger partial charge in [0.1, 0.15) is 0 Å². The number of aromatic amines is 1. The number of fused-ring (bicyclic) bond motifs is 1. The third-order valence-corrected chi connectivity index (χ3v) is 6.15. The molecule has 2 heterocycles. The highest BCUT2D eigenvalue weighted by atomic mass is 16.2. The molecule has 1 aromatic heterocycles. The third-order valence-electron chi connectivity index (χ3n) is 6.15. The molecule has 0 atom stereocenters. The first-order chi connectivity index (χ1) is 16.0. The van der Waals surface area contributed by atoms with E-state index in [-0.39, 0.29) is 30.8 Å². The van der Waals surface area contributed by atoms with E-state index in [1.807, 2.05) is 30.3 Å². The number of H-pyrrole nitrogens is 1. The summed E-state index contributed by atoms with van der Waals surface area (Å²) in [5.74, 6) is -0.000937. The van der Waals surface area contributed by atoms with Crippen LogP contribution in [0.5, 0.6) is 0 Å². The van der Waals surface area contributed by atoms with Crippen molar-refractivity contribution in [3.8, 4) is 0 Å². The Bertz CT molecular complexity index is 1240. The summed E-state index contributed by atoms with van der Waals surface area (Å²) in [6.07, 6.45) is 2.76. The van der Waals surface area contributed by atoms with Crippen LogP contribution in [0, 0.1) is 0 Å². The molecular weight excluding hydrogens is 420 g/mol. The number of aromatic nitrogens is 2. The molecule has 0 saturated carbocycles. The molecule has 2 N–H and O–H groups in total. The fourth-order valence-electron chi connectivity index (χ4n) is 4.31. The molecule has 1 saturated heterocycles. The number of benzene rings is 2. The Labute approximate surface area is 191 Å². The maximum Gasteiger partial charge on any atom is 0.328 e. The van der Waals surface area contributed by atoms with Gasteiger partial charge in [0.15, 0.2) is 0 Å². The number of likely N-dealkylation sites (tertiary alicyclic amines) is 1. The molecule has 3 aromatic rings. The number of amides is 2. The molecule has 1 fully saturated rings. The number of para-hydroxylation sites is 1. The molecule has 1 aliphatic heterocycles. The van der Waals surface area contributed by atoms with Gasteiger partial charge in [-0.25, -0.2) is 4.79 Å². The Morgan fingerprint density at radius 3 is 2.39 bits per heavy atom. The van der Waals surface area contributed by atoms with E-state index in [0.29, 0.717) is 49.7 Å². The normalized spacial score (nSPS) is 14.4. The molecule has 4 rings (SSSR count). The van der Waals surface area contributed by atoms with Gasteiger partial charge in [0.25, 0.3) is 5.56 Å². The zero-order valence-corrected chi connectivity index (χ0v) is 18.5. The SMILES string of the molecule is O=C(CCc1ccccc1)NC1CCN(C(=O)CCn2c(=O)[nH]c(=O)c3ccccc32)CC1. The predicted octanol–water partition coefficient (Wildman–Crippen LogP) is 1.82. The molecule has 2 aromatic carbocycles. The Morgan fingerprint density at radius 1 is 0.939 bits per heavy atom. The van der Waals surface area contributed by atoms with Gasteiger partial charge < -0.3 is 10.2 Å². The fraction of sp³-hybridized carbons (Fsp3) is 0.360. The molecule has 8 nitrogen and oxygen atoms in total.